The molecule has 4 heteroatoms. The van der Waals surface area contributed by atoms with E-state index in [1.807, 2.05) is 17.0 Å². The van der Waals surface area contributed by atoms with Crippen molar-refractivity contribution >= 4 is 11.6 Å². The number of para-hydroxylation sites is 1. The van der Waals surface area contributed by atoms with E-state index in [0.717, 1.165) is 44.6 Å². The number of likely N-dealkylation sites (tertiary alicyclic amines) is 1. The first-order chi connectivity index (χ1) is 12.2. The smallest absolute Gasteiger partial charge is 0.222 e. The first-order valence-electron chi connectivity index (χ1n) is 9.10. The molecule has 1 saturated heterocycles. The normalized spacial score (nSPS) is 19.5. The number of hydrogen-bond donors (Lipinski definition) is 1. The zero-order valence-corrected chi connectivity index (χ0v) is 14.4. The van der Waals surface area contributed by atoms with Gasteiger partial charge in [0.15, 0.2) is 0 Å². The number of nitrogens with zero attached hydrogens (tertiary/aromatic N) is 2. The number of aromatic hydroxyl groups is 1. The van der Waals surface area contributed by atoms with E-state index in [2.05, 4.69) is 35.2 Å². The molecule has 0 aromatic heterocycles. The van der Waals surface area contributed by atoms with E-state index in [1.54, 1.807) is 6.07 Å². The van der Waals surface area contributed by atoms with Gasteiger partial charge in [-0.3, -0.25) is 4.79 Å². The van der Waals surface area contributed by atoms with Crippen molar-refractivity contribution in [3.8, 4) is 5.75 Å². The number of fused-ring (bicyclic) bond motifs is 1. The SMILES string of the molecule is O=C1CCCN1CCC1CN(Cc2cccc(O)c2)c2ccccc21. The van der Waals surface area contributed by atoms with Gasteiger partial charge in [0.2, 0.25) is 5.91 Å². The second-order valence-corrected chi connectivity index (χ2v) is 7.08. The third kappa shape index (κ3) is 3.34. The minimum atomic E-state index is 0.308. The van der Waals surface area contributed by atoms with Crippen LogP contribution in [0.1, 0.15) is 36.3 Å². The van der Waals surface area contributed by atoms with Crippen LogP contribution in [0.2, 0.25) is 0 Å². The van der Waals surface area contributed by atoms with Crippen LogP contribution in [0.3, 0.4) is 0 Å². The van der Waals surface area contributed by atoms with Gasteiger partial charge in [0.1, 0.15) is 5.75 Å². The van der Waals surface area contributed by atoms with Gasteiger partial charge in [-0.25, -0.2) is 0 Å². The maximum absolute atomic E-state index is 11.9. The first-order valence-corrected chi connectivity index (χ1v) is 9.10. The summed E-state index contributed by atoms with van der Waals surface area (Å²) in [6.07, 6.45) is 2.73. The van der Waals surface area contributed by atoms with Gasteiger partial charge in [0.05, 0.1) is 0 Å². The van der Waals surface area contributed by atoms with Crippen molar-refractivity contribution in [2.75, 3.05) is 24.5 Å². The van der Waals surface area contributed by atoms with Gasteiger partial charge in [0.25, 0.3) is 0 Å². The van der Waals surface area contributed by atoms with E-state index in [1.165, 1.54) is 11.3 Å². The highest BCUT2D eigenvalue weighted by atomic mass is 16.3. The molecule has 2 aliphatic rings. The summed E-state index contributed by atoms with van der Waals surface area (Å²) in [4.78, 5) is 16.3. The van der Waals surface area contributed by atoms with Crippen LogP contribution in [-0.4, -0.2) is 35.5 Å². The maximum atomic E-state index is 11.9. The van der Waals surface area contributed by atoms with E-state index in [-0.39, 0.29) is 0 Å². The number of hydrogen-bond acceptors (Lipinski definition) is 3. The van der Waals surface area contributed by atoms with Crippen molar-refractivity contribution < 1.29 is 9.90 Å². The quantitative estimate of drug-likeness (QED) is 0.909. The predicted octanol–water partition coefficient (Wildman–Crippen LogP) is 3.51. The number of benzene rings is 2. The van der Waals surface area contributed by atoms with Gasteiger partial charge in [-0.1, -0.05) is 30.3 Å². The van der Waals surface area contributed by atoms with Gasteiger partial charge in [-0.15, -0.1) is 0 Å². The monoisotopic (exact) mass is 336 g/mol. The molecule has 130 valence electrons. The van der Waals surface area contributed by atoms with Crippen molar-refractivity contribution in [2.24, 2.45) is 0 Å². The Morgan fingerprint density at radius 1 is 1.08 bits per heavy atom. The molecule has 4 rings (SSSR count). The number of amides is 1. The fourth-order valence-electron chi connectivity index (χ4n) is 4.11. The molecule has 0 bridgehead atoms. The summed E-state index contributed by atoms with van der Waals surface area (Å²) in [6.45, 7) is 3.54. The van der Waals surface area contributed by atoms with Crippen LogP contribution in [0, 0.1) is 0 Å². The predicted molar refractivity (Wildman–Crippen MR) is 98.8 cm³/mol. The van der Waals surface area contributed by atoms with Crippen molar-refractivity contribution in [1.82, 2.24) is 4.90 Å². The number of phenols is 1. The largest absolute Gasteiger partial charge is 0.508 e. The van der Waals surface area contributed by atoms with Gasteiger partial charge < -0.3 is 14.9 Å². The Morgan fingerprint density at radius 2 is 1.96 bits per heavy atom. The molecule has 0 radical (unpaired) electrons. The number of carbonyl (C=O) groups excluding carboxylic acids is 1. The lowest BCUT2D eigenvalue weighted by Gasteiger charge is -2.21. The molecule has 2 heterocycles. The fraction of sp³-hybridized carbons (Fsp3) is 0.381. The van der Waals surface area contributed by atoms with Crippen LogP contribution in [0.25, 0.3) is 0 Å². The van der Waals surface area contributed by atoms with Crippen LogP contribution >= 0.6 is 0 Å². The number of carbonyl (C=O) groups is 1. The number of anilines is 1. The van der Waals surface area contributed by atoms with Crippen LogP contribution in [0.15, 0.2) is 48.5 Å². The van der Waals surface area contributed by atoms with E-state index in [0.29, 0.717) is 24.0 Å². The van der Waals surface area contributed by atoms with Crippen LogP contribution < -0.4 is 4.90 Å². The zero-order chi connectivity index (χ0) is 17.2. The highest BCUT2D eigenvalue weighted by Crippen LogP contribution is 2.39. The summed E-state index contributed by atoms with van der Waals surface area (Å²) in [5.74, 6) is 1.08. The lowest BCUT2D eigenvalue weighted by Crippen LogP contribution is -2.28. The molecule has 25 heavy (non-hydrogen) atoms. The van der Waals surface area contributed by atoms with Crippen molar-refractivity contribution in [1.29, 1.82) is 0 Å². The lowest BCUT2D eigenvalue weighted by molar-refractivity contribution is -0.127. The Balaban J connectivity index is 1.48. The van der Waals surface area contributed by atoms with Crippen molar-refractivity contribution in [3.05, 3.63) is 59.7 Å². The van der Waals surface area contributed by atoms with Crippen molar-refractivity contribution in [2.45, 2.75) is 31.7 Å². The van der Waals surface area contributed by atoms with E-state index in [9.17, 15) is 9.90 Å². The molecule has 2 aliphatic heterocycles. The number of phenolic OH excluding ortho intramolecular Hbond substituents is 1. The second-order valence-electron chi connectivity index (χ2n) is 7.08. The summed E-state index contributed by atoms with van der Waals surface area (Å²) < 4.78 is 0. The molecule has 1 unspecified atom stereocenters. The molecule has 1 atom stereocenters. The Labute approximate surface area is 148 Å². The highest BCUT2D eigenvalue weighted by molar-refractivity contribution is 5.78. The molecular formula is C21H24N2O2. The molecule has 0 saturated carbocycles. The van der Waals surface area contributed by atoms with E-state index < -0.39 is 0 Å². The molecule has 0 spiro atoms. The highest BCUT2D eigenvalue weighted by Gasteiger charge is 2.29. The lowest BCUT2D eigenvalue weighted by atomic mass is 9.98. The molecule has 2 aromatic rings. The van der Waals surface area contributed by atoms with Gasteiger partial charge in [-0.05, 0) is 42.2 Å². The Bertz CT molecular complexity index is 774. The molecular weight excluding hydrogens is 312 g/mol. The molecule has 1 fully saturated rings. The number of rotatable bonds is 5. The summed E-state index contributed by atoms with van der Waals surface area (Å²) in [7, 11) is 0. The average molecular weight is 336 g/mol. The minimum absolute atomic E-state index is 0.308. The van der Waals surface area contributed by atoms with E-state index >= 15 is 0 Å². The third-order valence-corrected chi connectivity index (χ3v) is 5.36. The first kappa shape index (κ1) is 16.0. The van der Waals surface area contributed by atoms with Crippen LogP contribution in [-0.2, 0) is 11.3 Å². The standard InChI is InChI=1S/C21H24N2O2/c24-18-6-3-5-16(13-18)14-23-15-17(19-7-1-2-8-20(19)23)10-12-22-11-4-9-21(22)25/h1-3,5-8,13,17,24H,4,9-12,14-15H2. The summed E-state index contributed by atoms with van der Waals surface area (Å²) in [5.41, 5.74) is 3.78. The minimum Gasteiger partial charge on any atom is -0.508 e. The summed E-state index contributed by atoms with van der Waals surface area (Å²) in [6, 6.07) is 16.1. The Kier molecular flexibility index (Phi) is 4.35. The molecule has 2 aromatic carbocycles. The third-order valence-electron chi connectivity index (χ3n) is 5.36. The molecule has 1 N–H and O–H groups in total. The fourth-order valence-corrected chi connectivity index (χ4v) is 4.11. The second kappa shape index (κ2) is 6.79. The molecule has 1 amide bonds. The van der Waals surface area contributed by atoms with Crippen LogP contribution in [0.4, 0.5) is 5.69 Å². The molecule has 4 nitrogen and oxygen atoms in total. The van der Waals surface area contributed by atoms with Gasteiger partial charge in [0, 0.05) is 44.2 Å². The van der Waals surface area contributed by atoms with Gasteiger partial charge >= 0.3 is 0 Å². The summed E-state index contributed by atoms with van der Waals surface area (Å²) >= 11 is 0. The van der Waals surface area contributed by atoms with E-state index in [4.69, 9.17) is 0 Å². The maximum Gasteiger partial charge on any atom is 0.222 e. The zero-order valence-electron chi connectivity index (χ0n) is 14.4. The van der Waals surface area contributed by atoms with Crippen molar-refractivity contribution in [3.63, 3.8) is 0 Å². The topological polar surface area (TPSA) is 43.8 Å². The Hall–Kier alpha value is -2.49. The summed E-state index contributed by atoms with van der Waals surface area (Å²) in [5, 5.41) is 9.71. The average Bonchev–Trinajstić information content (AvgIpc) is 3.17. The van der Waals surface area contributed by atoms with Gasteiger partial charge in [-0.2, -0.15) is 0 Å². The Morgan fingerprint density at radius 3 is 2.76 bits per heavy atom. The van der Waals surface area contributed by atoms with Crippen LogP contribution in [0.5, 0.6) is 5.75 Å². The molecule has 0 aliphatic carbocycles.